The van der Waals surface area contributed by atoms with Gasteiger partial charge in [0, 0.05) is 18.7 Å². The zero-order valence-corrected chi connectivity index (χ0v) is 13.3. The molecule has 0 saturated carbocycles. The third kappa shape index (κ3) is 3.63. The van der Waals surface area contributed by atoms with Crippen molar-refractivity contribution in [1.82, 2.24) is 4.90 Å². The van der Waals surface area contributed by atoms with Gasteiger partial charge in [-0.2, -0.15) is 0 Å². The Labute approximate surface area is 126 Å². The smallest absolute Gasteiger partial charge is 0.254 e. The van der Waals surface area contributed by atoms with E-state index >= 15 is 0 Å². The van der Waals surface area contributed by atoms with Crippen molar-refractivity contribution >= 4 is 5.91 Å². The van der Waals surface area contributed by atoms with Gasteiger partial charge in [0.25, 0.3) is 5.91 Å². The van der Waals surface area contributed by atoms with Crippen molar-refractivity contribution in [2.75, 3.05) is 19.7 Å². The van der Waals surface area contributed by atoms with E-state index in [1.165, 1.54) is 0 Å². The molecule has 0 aromatic heterocycles. The number of nitrogens with zero attached hydrogens (tertiary/aromatic N) is 1. The fourth-order valence-electron chi connectivity index (χ4n) is 2.81. The summed E-state index contributed by atoms with van der Waals surface area (Å²) in [5, 5.41) is 9.30. The first-order chi connectivity index (χ1) is 9.82. The third-order valence-corrected chi connectivity index (χ3v) is 3.78. The van der Waals surface area contributed by atoms with Gasteiger partial charge in [-0.15, -0.1) is 0 Å². The predicted molar refractivity (Wildman–Crippen MR) is 82.5 cm³/mol. The number of aliphatic hydroxyl groups excluding tert-OH is 1. The van der Waals surface area contributed by atoms with Gasteiger partial charge >= 0.3 is 0 Å². The number of ether oxygens (including phenoxy) is 1. The summed E-state index contributed by atoms with van der Waals surface area (Å²) in [5.74, 6) is 0.0223. The molecule has 1 aromatic rings. The molecule has 0 aliphatic carbocycles. The lowest BCUT2D eigenvalue weighted by Crippen LogP contribution is -2.50. The first-order valence-electron chi connectivity index (χ1n) is 7.48. The molecule has 21 heavy (non-hydrogen) atoms. The average Bonchev–Trinajstić information content (AvgIpc) is 2.45. The highest BCUT2D eigenvalue weighted by Gasteiger charge is 2.30. The Bertz CT molecular complexity index is 507. The summed E-state index contributed by atoms with van der Waals surface area (Å²) in [6, 6.07) is 7.77. The zero-order chi connectivity index (χ0) is 15.6. The number of hydrogen-bond donors (Lipinski definition) is 1. The summed E-state index contributed by atoms with van der Waals surface area (Å²) < 4.78 is 5.61. The second kappa shape index (κ2) is 6.16. The molecule has 1 amide bonds. The van der Waals surface area contributed by atoms with Crippen molar-refractivity contribution in [2.45, 2.75) is 45.3 Å². The van der Waals surface area contributed by atoms with E-state index in [4.69, 9.17) is 4.74 Å². The highest BCUT2D eigenvalue weighted by molar-refractivity contribution is 5.96. The van der Waals surface area contributed by atoms with Crippen molar-refractivity contribution in [3.8, 4) is 0 Å². The Morgan fingerprint density at radius 2 is 2.00 bits per heavy atom. The van der Waals surface area contributed by atoms with Crippen LogP contribution in [-0.4, -0.2) is 47.8 Å². The number of morpholine rings is 1. The standard InChI is InChI=1S/C17H25NO3/c1-12-9-18(10-13(11-19)21-12)16(20)14-7-5-6-8-15(14)17(2,3)4/h5-8,12-13,19H,9-11H2,1-4H3. The first kappa shape index (κ1) is 16.0. The van der Waals surface area contributed by atoms with Crippen molar-refractivity contribution in [3.05, 3.63) is 35.4 Å². The van der Waals surface area contributed by atoms with Crippen LogP contribution in [0.4, 0.5) is 0 Å². The van der Waals surface area contributed by atoms with Gasteiger partial charge in [0.15, 0.2) is 0 Å². The van der Waals surface area contributed by atoms with Crippen LogP contribution in [0.5, 0.6) is 0 Å². The van der Waals surface area contributed by atoms with Gasteiger partial charge in [0.05, 0.1) is 18.8 Å². The number of rotatable bonds is 2. The van der Waals surface area contributed by atoms with Gasteiger partial charge < -0.3 is 14.7 Å². The Kier molecular flexibility index (Phi) is 4.69. The van der Waals surface area contributed by atoms with Crippen molar-refractivity contribution < 1.29 is 14.6 Å². The van der Waals surface area contributed by atoms with Crippen LogP contribution in [0.15, 0.2) is 24.3 Å². The van der Waals surface area contributed by atoms with E-state index in [2.05, 4.69) is 20.8 Å². The molecule has 1 aliphatic heterocycles. The molecule has 1 aliphatic rings. The van der Waals surface area contributed by atoms with E-state index in [-0.39, 0.29) is 30.1 Å². The molecule has 1 N–H and O–H groups in total. The van der Waals surface area contributed by atoms with Crippen LogP contribution in [0, 0.1) is 0 Å². The second-order valence-corrected chi connectivity index (χ2v) is 6.76. The van der Waals surface area contributed by atoms with Crippen molar-refractivity contribution in [2.24, 2.45) is 0 Å². The van der Waals surface area contributed by atoms with Crippen LogP contribution >= 0.6 is 0 Å². The minimum absolute atomic E-state index is 0.0223. The highest BCUT2D eigenvalue weighted by Crippen LogP contribution is 2.27. The maximum atomic E-state index is 12.9. The van der Waals surface area contributed by atoms with Crippen LogP contribution in [0.2, 0.25) is 0 Å². The largest absolute Gasteiger partial charge is 0.394 e. The van der Waals surface area contributed by atoms with E-state index in [0.717, 1.165) is 11.1 Å². The maximum Gasteiger partial charge on any atom is 0.254 e. The van der Waals surface area contributed by atoms with E-state index < -0.39 is 0 Å². The lowest BCUT2D eigenvalue weighted by molar-refractivity contribution is -0.0858. The average molecular weight is 291 g/mol. The molecule has 1 aromatic carbocycles. The molecule has 2 unspecified atom stereocenters. The molecule has 1 saturated heterocycles. The summed E-state index contributed by atoms with van der Waals surface area (Å²) in [4.78, 5) is 14.7. The summed E-state index contributed by atoms with van der Waals surface area (Å²) in [6.07, 6.45) is -0.346. The second-order valence-electron chi connectivity index (χ2n) is 6.76. The summed E-state index contributed by atoms with van der Waals surface area (Å²) in [5.41, 5.74) is 1.71. The SMILES string of the molecule is CC1CN(C(=O)c2ccccc2C(C)(C)C)CC(CO)O1. The number of carbonyl (C=O) groups excluding carboxylic acids is 1. The normalized spacial score (nSPS) is 23.2. The number of amides is 1. The Hall–Kier alpha value is -1.39. The third-order valence-electron chi connectivity index (χ3n) is 3.78. The van der Waals surface area contributed by atoms with Crippen LogP contribution in [0.3, 0.4) is 0 Å². The monoisotopic (exact) mass is 291 g/mol. The lowest BCUT2D eigenvalue weighted by atomic mass is 9.83. The maximum absolute atomic E-state index is 12.9. The Morgan fingerprint density at radius 3 is 2.62 bits per heavy atom. The Morgan fingerprint density at radius 1 is 1.33 bits per heavy atom. The summed E-state index contributed by atoms with van der Waals surface area (Å²) in [6.45, 7) is 9.20. The van der Waals surface area contributed by atoms with Gasteiger partial charge in [-0.3, -0.25) is 4.79 Å². The number of benzene rings is 1. The van der Waals surface area contributed by atoms with E-state index in [0.29, 0.717) is 13.1 Å². The zero-order valence-electron chi connectivity index (χ0n) is 13.3. The molecular weight excluding hydrogens is 266 g/mol. The molecule has 2 atom stereocenters. The highest BCUT2D eigenvalue weighted by atomic mass is 16.5. The van der Waals surface area contributed by atoms with E-state index in [1.807, 2.05) is 31.2 Å². The molecule has 0 bridgehead atoms. The molecule has 116 valence electrons. The molecule has 4 nitrogen and oxygen atoms in total. The Balaban J connectivity index is 2.28. The van der Waals surface area contributed by atoms with Gasteiger partial charge in [0.2, 0.25) is 0 Å². The predicted octanol–water partition coefficient (Wildman–Crippen LogP) is 2.21. The fourth-order valence-corrected chi connectivity index (χ4v) is 2.81. The molecule has 0 spiro atoms. The fraction of sp³-hybridized carbons (Fsp3) is 0.588. The van der Waals surface area contributed by atoms with Crippen molar-refractivity contribution in [1.29, 1.82) is 0 Å². The van der Waals surface area contributed by atoms with E-state index in [9.17, 15) is 9.90 Å². The van der Waals surface area contributed by atoms with E-state index in [1.54, 1.807) is 4.90 Å². The number of hydrogen-bond acceptors (Lipinski definition) is 3. The molecule has 1 fully saturated rings. The van der Waals surface area contributed by atoms with Gasteiger partial charge in [-0.05, 0) is 24.0 Å². The minimum Gasteiger partial charge on any atom is -0.394 e. The topological polar surface area (TPSA) is 49.8 Å². The molecule has 1 heterocycles. The quantitative estimate of drug-likeness (QED) is 0.909. The van der Waals surface area contributed by atoms with Gasteiger partial charge in [-0.25, -0.2) is 0 Å². The van der Waals surface area contributed by atoms with Crippen LogP contribution in [0.1, 0.15) is 43.6 Å². The minimum atomic E-state index is -0.292. The van der Waals surface area contributed by atoms with Crippen LogP contribution in [0.25, 0.3) is 0 Å². The molecule has 2 rings (SSSR count). The van der Waals surface area contributed by atoms with Crippen LogP contribution in [-0.2, 0) is 10.2 Å². The number of carbonyl (C=O) groups is 1. The number of aliphatic hydroxyl groups is 1. The summed E-state index contributed by atoms with van der Waals surface area (Å²) in [7, 11) is 0. The molecular formula is C17H25NO3. The molecule has 0 radical (unpaired) electrons. The van der Waals surface area contributed by atoms with Crippen molar-refractivity contribution in [3.63, 3.8) is 0 Å². The van der Waals surface area contributed by atoms with Gasteiger partial charge in [-0.1, -0.05) is 39.0 Å². The summed E-state index contributed by atoms with van der Waals surface area (Å²) >= 11 is 0. The van der Waals surface area contributed by atoms with Gasteiger partial charge in [0.1, 0.15) is 0 Å². The lowest BCUT2D eigenvalue weighted by Gasteiger charge is -2.37. The van der Waals surface area contributed by atoms with Crippen LogP contribution < -0.4 is 0 Å². The molecule has 4 heteroatoms. The first-order valence-corrected chi connectivity index (χ1v) is 7.48.